The normalized spacial score (nSPS) is 12.8. The van der Waals surface area contributed by atoms with Gasteiger partial charge in [0.25, 0.3) is 0 Å². The van der Waals surface area contributed by atoms with Gasteiger partial charge < -0.3 is 9.84 Å². The molecular weight excluding hydrogens is 344 g/mol. The minimum absolute atomic E-state index is 0.301. The third kappa shape index (κ3) is 3.96. The second-order valence-electron chi connectivity index (χ2n) is 6.14. The number of halogens is 1. The second-order valence-corrected chi connectivity index (χ2v) is 7.00. The zero-order valence-corrected chi connectivity index (χ0v) is 14.4. The molecular formula is C18H19BrO3. The van der Waals surface area contributed by atoms with Gasteiger partial charge in [-0.1, -0.05) is 36.4 Å². The Labute approximate surface area is 139 Å². The van der Waals surface area contributed by atoms with E-state index >= 15 is 0 Å². The molecule has 2 aromatic carbocycles. The molecule has 1 atom stereocenters. The van der Waals surface area contributed by atoms with Gasteiger partial charge in [0.15, 0.2) is 0 Å². The first-order valence-electron chi connectivity index (χ1n) is 7.04. The zero-order chi connectivity index (χ0) is 16.3. The molecule has 0 radical (unpaired) electrons. The van der Waals surface area contributed by atoms with E-state index in [1.54, 1.807) is 39.0 Å². The molecule has 0 saturated heterocycles. The molecule has 22 heavy (non-hydrogen) atoms. The van der Waals surface area contributed by atoms with Crippen molar-refractivity contribution in [3.63, 3.8) is 0 Å². The molecule has 0 saturated carbocycles. The van der Waals surface area contributed by atoms with Crippen molar-refractivity contribution < 1.29 is 14.6 Å². The van der Waals surface area contributed by atoms with Gasteiger partial charge in [0.05, 0.1) is 9.89 Å². The van der Waals surface area contributed by atoms with Crippen molar-refractivity contribution >= 4 is 21.9 Å². The molecule has 116 valence electrons. The molecule has 0 spiro atoms. The highest BCUT2D eigenvalue weighted by Crippen LogP contribution is 2.32. The molecule has 0 aliphatic rings. The summed E-state index contributed by atoms with van der Waals surface area (Å²) < 4.78 is 6.02. The van der Waals surface area contributed by atoms with Crippen molar-refractivity contribution in [3.05, 3.63) is 64.1 Å². The van der Waals surface area contributed by atoms with Crippen molar-refractivity contribution in [1.82, 2.24) is 0 Å². The predicted octanol–water partition coefficient (Wildman–Crippen LogP) is 4.48. The first kappa shape index (κ1) is 16.7. The van der Waals surface area contributed by atoms with E-state index in [-0.39, 0.29) is 5.97 Å². The van der Waals surface area contributed by atoms with Crippen molar-refractivity contribution in [2.45, 2.75) is 26.9 Å². The van der Waals surface area contributed by atoms with Crippen molar-refractivity contribution in [1.29, 1.82) is 0 Å². The average Bonchev–Trinajstić information content (AvgIpc) is 2.48. The number of benzene rings is 2. The minimum Gasteiger partial charge on any atom is -0.425 e. The fourth-order valence-corrected chi connectivity index (χ4v) is 2.33. The quantitative estimate of drug-likeness (QED) is 0.646. The molecule has 3 nitrogen and oxygen atoms in total. The SMILES string of the molecule is CC(C)(C)C(=O)Oc1ccc(C(O)c2ccccc2)cc1Br. The lowest BCUT2D eigenvalue weighted by molar-refractivity contribution is -0.143. The molecule has 0 aromatic heterocycles. The van der Waals surface area contributed by atoms with Crippen LogP contribution in [0, 0.1) is 5.41 Å². The smallest absolute Gasteiger partial charge is 0.316 e. The second kappa shape index (κ2) is 6.63. The van der Waals surface area contributed by atoms with E-state index in [1.165, 1.54) is 0 Å². The van der Waals surface area contributed by atoms with Gasteiger partial charge in [-0.05, 0) is 60.0 Å². The van der Waals surface area contributed by atoms with Crippen LogP contribution in [0.15, 0.2) is 53.0 Å². The van der Waals surface area contributed by atoms with Crippen LogP contribution in [0.25, 0.3) is 0 Å². The number of aliphatic hydroxyl groups excluding tert-OH is 1. The predicted molar refractivity (Wildman–Crippen MR) is 89.7 cm³/mol. The number of esters is 1. The first-order chi connectivity index (χ1) is 10.3. The van der Waals surface area contributed by atoms with Crippen LogP contribution in [0.4, 0.5) is 0 Å². The Morgan fingerprint density at radius 3 is 2.27 bits per heavy atom. The summed E-state index contributed by atoms with van der Waals surface area (Å²) >= 11 is 3.39. The highest BCUT2D eigenvalue weighted by Gasteiger charge is 2.24. The Hall–Kier alpha value is -1.65. The van der Waals surface area contributed by atoms with Gasteiger partial charge in [0.2, 0.25) is 0 Å². The third-order valence-corrected chi connectivity index (χ3v) is 3.82. The maximum absolute atomic E-state index is 11.9. The van der Waals surface area contributed by atoms with E-state index in [2.05, 4.69) is 15.9 Å². The molecule has 4 heteroatoms. The summed E-state index contributed by atoms with van der Waals surface area (Å²) in [4.78, 5) is 11.9. The number of carbonyl (C=O) groups is 1. The summed E-state index contributed by atoms with van der Waals surface area (Å²) in [7, 11) is 0. The summed E-state index contributed by atoms with van der Waals surface area (Å²) in [5, 5.41) is 10.4. The fourth-order valence-electron chi connectivity index (χ4n) is 1.85. The van der Waals surface area contributed by atoms with Gasteiger partial charge in [0.1, 0.15) is 11.9 Å². The van der Waals surface area contributed by atoms with Crippen LogP contribution in [-0.4, -0.2) is 11.1 Å². The Morgan fingerprint density at radius 2 is 1.73 bits per heavy atom. The number of ether oxygens (including phenoxy) is 1. The van der Waals surface area contributed by atoms with E-state index in [0.717, 1.165) is 11.1 Å². The molecule has 1 unspecified atom stereocenters. The lowest BCUT2D eigenvalue weighted by Crippen LogP contribution is -2.25. The monoisotopic (exact) mass is 362 g/mol. The van der Waals surface area contributed by atoms with Crippen LogP contribution >= 0.6 is 15.9 Å². The molecule has 2 aromatic rings. The summed E-state index contributed by atoms with van der Waals surface area (Å²) in [5.41, 5.74) is 0.976. The summed E-state index contributed by atoms with van der Waals surface area (Å²) in [6.45, 7) is 5.41. The highest BCUT2D eigenvalue weighted by molar-refractivity contribution is 9.10. The lowest BCUT2D eigenvalue weighted by atomic mass is 9.97. The van der Waals surface area contributed by atoms with E-state index in [1.807, 2.05) is 30.3 Å². The molecule has 0 aliphatic heterocycles. The molecule has 1 N–H and O–H groups in total. The van der Waals surface area contributed by atoms with Gasteiger partial charge in [-0.2, -0.15) is 0 Å². The van der Waals surface area contributed by atoms with Crippen LogP contribution in [-0.2, 0) is 4.79 Å². The van der Waals surface area contributed by atoms with Gasteiger partial charge in [-0.25, -0.2) is 0 Å². The van der Waals surface area contributed by atoms with E-state index < -0.39 is 11.5 Å². The Balaban J connectivity index is 2.21. The Kier molecular flexibility index (Phi) is 5.04. The van der Waals surface area contributed by atoms with Gasteiger partial charge in [-0.3, -0.25) is 4.79 Å². The maximum Gasteiger partial charge on any atom is 0.316 e. The molecule has 2 rings (SSSR count). The third-order valence-electron chi connectivity index (χ3n) is 3.20. The minimum atomic E-state index is -0.718. The summed E-state index contributed by atoms with van der Waals surface area (Å²) in [5.74, 6) is 0.147. The van der Waals surface area contributed by atoms with Crippen molar-refractivity contribution in [2.24, 2.45) is 5.41 Å². The van der Waals surface area contributed by atoms with Gasteiger partial charge >= 0.3 is 5.97 Å². The number of carbonyl (C=O) groups excluding carboxylic acids is 1. The lowest BCUT2D eigenvalue weighted by Gasteiger charge is -2.18. The zero-order valence-electron chi connectivity index (χ0n) is 12.8. The van der Waals surface area contributed by atoms with E-state index in [4.69, 9.17) is 4.74 Å². The number of hydrogen-bond donors (Lipinski definition) is 1. The molecule has 0 amide bonds. The molecule has 0 aliphatic carbocycles. The van der Waals surface area contributed by atoms with Gasteiger partial charge in [-0.15, -0.1) is 0 Å². The topological polar surface area (TPSA) is 46.5 Å². The summed E-state index contributed by atoms with van der Waals surface area (Å²) in [6.07, 6.45) is -0.718. The van der Waals surface area contributed by atoms with Crippen LogP contribution in [0.5, 0.6) is 5.75 Å². The number of rotatable bonds is 3. The standard InChI is InChI=1S/C18H19BrO3/c1-18(2,3)17(21)22-15-10-9-13(11-14(15)19)16(20)12-7-5-4-6-8-12/h4-11,16,20H,1-3H3. The van der Waals surface area contributed by atoms with Crippen LogP contribution in [0.1, 0.15) is 38.0 Å². The van der Waals surface area contributed by atoms with Crippen LogP contribution < -0.4 is 4.74 Å². The number of hydrogen-bond acceptors (Lipinski definition) is 3. The Morgan fingerprint density at radius 1 is 1.09 bits per heavy atom. The maximum atomic E-state index is 11.9. The van der Waals surface area contributed by atoms with Gasteiger partial charge in [0, 0.05) is 0 Å². The van der Waals surface area contributed by atoms with Crippen molar-refractivity contribution in [3.8, 4) is 5.75 Å². The van der Waals surface area contributed by atoms with Crippen molar-refractivity contribution in [2.75, 3.05) is 0 Å². The first-order valence-corrected chi connectivity index (χ1v) is 7.83. The molecule has 0 heterocycles. The molecule has 0 bridgehead atoms. The molecule has 0 fully saturated rings. The van der Waals surface area contributed by atoms with E-state index in [0.29, 0.717) is 10.2 Å². The highest BCUT2D eigenvalue weighted by atomic mass is 79.9. The van der Waals surface area contributed by atoms with E-state index in [9.17, 15) is 9.90 Å². The Bertz CT molecular complexity index is 660. The number of aliphatic hydroxyl groups is 1. The largest absolute Gasteiger partial charge is 0.425 e. The van der Waals surface area contributed by atoms with Crippen LogP contribution in [0.2, 0.25) is 0 Å². The fraction of sp³-hybridized carbons (Fsp3) is 0.278. The van der Waals surface area contributed by atoms with Crippen LogP contribution in [0.3, 0.4) is 0 Å². The average molecular weight is 363 g/mol. The summed E-state index contributed by atoms with van der Waals surface area (Å²) in [6, 6.07) is 14.6.